The summed E-state index contributed by atoms with van der Waals surface area (Å²) in [5.41, 5.74) is 6.22. The number of hydrogen-bond donors (Lipinski definition) is 2. The average molecular weight is 300 g/mol. The van der Waals surface area contributed by atoms with Crippen LogP contribution in [0, 0.1) is 0 Å². The number of primary amides is 1. The highest BCUT2D eigenvalue weighted by atomic mass is 16.6. The predicted molar refractivity (Wildman–Crippen MR) is 80.8 cm³/mol. The maximum Gasteiger partial charge on any atom is 0.343 e. The van der Waals surface area contributed by atoms with Gasteiger partial charge in [0.05, 0.1) is 12.7 Å². The van der Waals surface area contributed by atoms with Crippen molar-refractivity contribution in [3.8, 4) is 11.5 Å². The van der Waals surface area contributed by atoms with Gasteiger partial charge in [0, 0.05) is 6.54 Å². The Morgan fingerprint density at radius 2 is 1.68 bits per heavy atom. The van der Waals surface area contributed by atoms with E-state index in [0.29, 0.717) is 23.6 Å². The quantitative estimate of drug-likeness (QED) is 0.653. The molecule has 0 radical (unpaired) electrons. The lowest BCUT2D eigenvalue weighted by Crippen LogP contribution is -2.28. The number of carbonyl (C=O) groups excluding carboxylic acids is 2. The van der Waals surface area contributed by atoms with E-state index in [9.17, 15) is 9.59 Å². The summed E-state index contributed by atoms with van der Waals surface area (Å²) in [7, 11) is 1.51. The van der Waals surface area contributed by atoms with E-state index in [4.69, 9.17) is 15.2 Å². The Balaban J connectivity index is 2.05. The molecule has 6 heteroatoms. The van der Waals surface area contributed by atoms with Crippen molar-refractivity contribution in [1.82, 2.24) is 5.32 Å². The van der Waals surface area contributed by atoms with Gasteiger partial charge in [0.15, 0.2) is 11.5 Å². The molecular formula is C16H16N2O4. The second-order valence-electron chi connectivity index (χ2n) is 4.46. The number of amides is 2. The van der Waals surface area contributed by atoms with Gasteiger partial charge in [0.2, 0.25) is 0 Å². The Hall–Kier alpha value is -3.02. The number of benzene rings is 2. The maximum atomic E-state index is 12.1. The number of methoxy groups -OCH3 is 1. The van der Waals surface area contributed by atoms with Crippen molar-refractivity contribution in [1.29, 1.82) is 0 Å². The van der Waals surface area contributed by atoms with Crippen LogP contribution in [0.3, 0.4) is 0 Å². The molecular weight excluding hydrogens is 284 g/mol. The van der Waals surface area contributed by atoms with E-state index in [2.05, 4.69) is 5.32 Å². The van der Waals surface area contributed by atoms with Crippen LogP contribution in [-0.4, -0.2) is 19.1 Å². The van der Waals surface area contributed by atoms with Crippen molar-refractivity contribution in [3.05, 3.63) is 59.7 Å². The molecule has 0 bridgehead atoms. The van der Waals surface area contributed by atoms with Crippen LogP contribution >= 0.6 is 0 Å². The van der Waals surface area contributed by atoms with Crippen LogP contribution in [0.2, 0.25) is 0 Å². The highest BCUT2D eigenvalue weighted by Gasteiger charge is 2.11. The van der Waals surface area contributed by atoms with E-state index in [1.807, 2.05) is 0 Å². The Labute approximate surface area is 127 Å². The number of rotatable bonds is 5. The van der Waals surface area contributed by atoms with Gasteiger partial charge < -0.3 is 20.5 Å². The minimum absolute atomic E-state index is 0.303. The van der Waals surface area contributed by atoms with Crippen LogP contribution in [0.4, 0.5) is 4.79 Å². The average Bonchev–Trinajstić information content (AvgIpc) is 2.54. The molecule has 0 saturated carbocycles. The molecule has 0 atom stereocenters. The normalized spacial score (nSPS) is 9.86. The van der Waals surface area contributed by atoms with Crippen LogP contribution in [0.1, 0.15) is 15.9 Å². The summed E-state index contributed by atoms with van der Waals surface area (Å²) >= 11 is 0. The molecule has 0 aliphatic heterocycles. The molecule has 0 fully saturated rings. The first-order valence-corrected chi connectivity index (χ1v) is 6.57. The molecule has 22 heavy (non-hydrogen) atoms. The van der Waals surface area contributed by atoms with Crippen LogP contribution in [0.25, 0.3) is 0 Å². The molecule has 0 unspecified atom stereocenters. The molecule has 0 aliphatic carbocycles. The van der Waals surface area contributed by atoms with Gasteiger partial charge in [0.25, 0.3) is 0 Å². The van der Waals surface area contributed by atoms with Crippen molar-refractivity contribution in [3.63, 3.8) is 0 Å². The summed E-state index contributed by atoms with van der Waals surface area (Å²) in [6.07, 6.45) is 0. The van der Waals surface area contributed by atoms with E-state index in [1.54, 1.807) is 48.5 Å². The number of carbonyl (C=O) groups is 2. The van der Waals surface area contributed by atoms with Crippen molar-refractivity contribution in [2.45, 2.75) is 6.54 Å². The molecule has 2 aromatic rings. The summed E-state index contributed by atoms with van der Waals surface area (Å²) in [5, 5.41) is 2.47. The van der Waals surface area contributed by atoms with Crippen molar-refractivity contribution >= 4 is 12.0 Å². The fraction of sp³-hybridized carbons (Fsp3) is 0.125. The first-order valence-electron chi connectivity index (χ1n) is 6.57. The largest absolute Gasteiger partial charge is 0.493 e. The van der Waals surface area contributed by atoms with Gasteiger partial charge in [-0.1, -0.05) is 24.3 Å². The van der Waals surface area contributed by atoms with Crippen molar-refractivity contribution in [2.24, 2.45) is 5.73 Å². The molecule has 3 N–H and O–H groups in total. The fourth-order valence-corrected chi connectivity index (χ4v) is 1.81. The zero-order valence-corrected chi connectivity index (χ0v) is 12.0. The molecule has 2 aromatic carbocycles. The van der Waals surface area contributed by atoms with E-state index in [-0.39, 0.29) is 0 Å². The van der Waals surface area contributed by atoms with Crippen LogP contribution < -0.4 is 20.5 Å². The Morgan fingerprint density at radius 3 is 2.27 bits per heavy atom. The molecule has 0 aromatic heterocycles. The van der Waals surface area contributed by atoms with Crippen molar-refractivity contribution in [2.75, 3.05) is 7.11 Å². The van der Waals surface area contributed by atoms with Crippen LogP contribution in [0.15, 0.2) is 48.5 Å². The fourth-order valence-electron chi connectivity index (χ4n) is 1.81. The van der Waals surface area contributed by atoms with E-state index < -0.39 is 12.0 Å². The SMILES string of the molecule is COc1ccccc1OC(=O)c1ccc(CNC(N)=O)cc1. The Kier molecular flexibility index (Phi) is 4.98. The van der Waals surface area contributed by atoms with E-state index >= 15 is 0 Å². The second kappa shape index (κ2) is 7.12. The van der Waals surface area contributed by atoms with Crippen LogP contribution in [-0.2, 0) is 6.54 Å². The zero-order chi connectivity index (χ0) is 15.9. The molecule has 0 spiro atoms. The Morgan fingerprint density at radius 1 is 1.05 bits per heavy atom. The summed E-state index contributed by atoms with van der Waals surface area (Å²) in [6, 6.07) is 13.0. The number of ether oxygens (including phenoxy) is 2. The van der Waals surface area contributed by atoms with Gasteiger partial charge in [-0.25, -0.2) is 9.59 Å². The van der Waals surface area contributed by atoms with Gasteiger partial charge in [-0.05, 0) is 29.8 Å². The van der Waals surface area contributed by atoms with E-state index in [0.717, 1.165) is 5.56 Å². The van der Waals surface area contributed by atoms with Gasteiger partial charge in [-0.3, -0.25) is 0 Å². The molecule has 2 rings (SSSR count). The highest BCUT2D eigenvalue weighted by molar-refractivity contribution is 5.91. The third-order valence-corrected chi connectivity index (χ3v) is 2.93. The second-order valence-corrected chi connectivity index (χ2v) is 4.46. The summed E-state index contributed by atoms with van der Waals surface area (Å²) in [6.45, 7) is 0.303. The summed E-state index contributed by atoms with van der Waals surface area (Å²) in [5.74, 6) is 0.353. The minimum Gasteiger partial charge on any atom is -0.493 e. The van der Waals surface area contributed by atoms with Crippen molar-refractivity contribution < 1.29 is 19.1 Å². The number of para-hydroxylation sites is 2. The molecule has 6 nitrogen and oxygen atoms in total. The summed E-state index contributed by atoms with van der Waals surface area (Å²) < 4.78 is 10.4. The number of esters is 1. The van der Waals surface area contributed by atoms with Gasteiger partial charge in [-0.15, -0.1) is 0 Å². The molecule has 114 valence electrons. The molecule has 0 saturated heterocycles. The summed E-state index contributed by atoms with van der Waals surface area (Å²) in [4.78, 5) is 22.7. The highest BCUT2D eigenvalue weighted by Crippen LogP contribution is 2.26. The third kappa shape index (κ3) is 3.99. The van der Waals surface area contributed by atoms with Gasteiger partial charge in [-0.2, -0.15) is 0 Å². The maximum absolute atomic E-state index is 12.1. The first-order chi connectivity index (χ1) is 10.6. The van der Waals surface area contributed by atoms with E-state index in [1.165, 1.54) is 7.11 Å². The van der Waals surface area contributed by atoms with Gasteiger partial charge >= 0.3 is 12.0 Å². The lowest BCUT2D eigenvalue weighted by Gasteiger charge is -2.09. The number of nitrogens with one attached hydrogen (secondary N) is 1. The standard InChI is InChI=1S/C16H16N2O4/c1-21-13-4-2-3-5-14(13)22-15(19)12-8-6-11(7-9-12)10-18-16(17)20/h2-9H,10H2,1H3,(H3,17,18,20). The monoisotopic (exact) mass is 300 g/mol. The lowest BCUT2D eigenvalue weighted by molar-refractivity contribution is 0.0729. The molecule has 2 amide bonds. The number of nitrogens with two attached hydrogens (primary N) is 1. The predicted octanol–water partition coefficient (Wildman–Crippen LogP) is 2.08. The topological polar surface area (TPSA) is 90.7 Å². The zero-order valence-electron chi connectivity index (χ0n) is 12.0. The number of urea groups is 1. The minimum atomic E-state index is -0.598. The lowest BCUT2D eigenvalue weighted by atomic mass is 10.1. The molecule has 0 aliphatic rings. The number of hydrogen-bond acceptors (Lipinski definition) is 4. The molecule has 0 heterocycles. The Bertz CT molecular complexity index is 668. The first kappa shape index (κ1) is 15.4. The van der Waals surface area contributed by atoms with Gasteiger partial charge in [0.1, 0.15) is 0 Å². The third-order valence-electron chi connectivity index (χ3n) is 2.93. The van der Waals surface area contributed by atoms with Crippen LogP contribution in [0.5, 0.6) is 11.5 Å². The smallest absolute Gasteiger partial charge is 0.343 e.